The number of hydrogen-bond acceptors (Lipinski definition) is 3. The number of hydrazone groups is 1. The van der Waals surface area contributed by atoms with Crippen molar-refractivity contribution in [2.75, 3.05) is 5.75 Å². The van der Waals surface area contributed by atoms with Crippen LogP contribution in [0.1, 0.15) is 22.3 Å². The van der Waals surface area contributed by atoms with Gasteiger partial charge in [-0.2, -0.15) is 5.10 Å². The van der Waals surface area contributed by atoms with Crippen LogP contribution < -0.4 is 5.43 Å². The fourth-order valence-electron chi connectivity index (χ4n) is 2.76. The molecule has 0 spiro atoms. The highest BCUT2D eigenvalue weighted by molar-refractivity contribution is 8.14. The van der Waals surface area contributed by atoms with Crippen molar-refractivity contribution >= 4 is 28.3 Å². The fourth-order valence-corrected chi connectivity index (χ4v) is 3.52. The van der Waals surface area contributed by atoms with E-state index in [0.717, 1.165) is 22.3 Å². The molecule has 0 amide bonds. The van der Waals surface area contributed by atoms with E-state index in [2.05, 4.69) is 48.4 Å². The lowest BCUT2D eigenvalue weighted by atomic mass is 9.97. The van der Waals surface area contributed by atoms with Crippen LogP contribution in [0.2, 0.25) is 0 Å². The molecule has 112 valence electrons. The van der Waals surface area contributed by atoms with Gasteiger partial charge in [0.2, 0.25) is 0 Å². The minimum Gasteiger partial charge on any atom is -0.255 e. The number of aliphatic imine (C=N–C) groups is 1. The Morgan fingerprint density at radius 3 is 2.32 bits per heavy atom. The summed E-state index contributed by atoms with van der Waals surface area (Å²) in [4.78, 5) is 4.57. The monoisotopic (exact) mass is 309 g/mol. The van der Waals surface area contributed by atoms with Gasteiger partial charge in [-0.25, -0.2) is 4.99 Å². The molecular formula is C18H19N3S. The summed E-state index contributed by atoms with van der Waals surface area (Å²) in [6, 6.07) is 14.4. The van der Waals surface area contributed by atoms with Crippen LogP contribution in [0.15, 0.2) is 52.6 Å². The third kappa shape index (κ3) is 3.22. The van der Waals surface area contributed by atoms with Gasteiger partial charge in [-0.15, -0.1) is 0 Å². The number of para-hydroxylation sites is 1. The fraction of sp³-hybridized carbons (Fsp3) is 0.222. The Labute approximate surface area is 135 Å². The number of nitrogens with one attached hydrogen (secondary N) is 1. The van der Waals surface area contributed by atoms with Gasteiger partial charge in [0, 0.05) is 11.3 Å². The lowest BCUT2D eigenvalue weighted by Gasteiger charge is -2.18. The Balaban J connectivity index is 1.84. The Morgan fingerprint density at radius 1 is 1.05 bits per heavy atom. The normalized spacial score (nSPS) is 16.3. The maximum absolute atomic E-state index is 4.57. The molecule has 2 aromatic carbocycles. The van der Waals surface area contributed by atoms with Crippen LogP contribution in [0.5, 0.6) is 0 Å². The van der Waals surface area contributed by atoms with Gasteiger partial charge in [0.05, 0.1) is 11.4 Å². The van der Waals surface area contributed by atoms with E-state index in [0.29, 0.717) is 0 Å². The molecule has 22 heavy (non-hydrogen) atoms. The zero-order valence-electron chi connectivity index (χ0n) is 13.1. The summed E-state index contributed by atoms with van der Waals surface area (Å²) in [5, 5.41) is 5.39. The standard InChI is InChI=1S/C18H19N3S/c1-12-9-13(2)17(14(3)10-12)16-11-22-18(21-20-16)19-15-7-5-4-6-8-15/h4-10H,11H2,1-3H3,(H,19,21). The van der Waals surface area contributed by atoms with Crippen LogP contribution in [0, 0.1) is 20.8 Å². The van der Waals surface area contributed by atoms with Crippen molar-refractivity contribution in [1.82, 2.24) is 5.43 Å². The smallest absolute Gasteiger partial charge is 0.182 e. The van der Waals surface area contributed by atoms with E-state index >= 15 is 0 Å². The average Bonchev–Trinajstić information content (AvgIpc) is 2.49. The first-order valence-electron chi connectivity index (χ1n) is 7.31. The summed E-state index contributed by atoms with van der Waals surface area (Å²) in [6.07, 6.45) is 0. The van der Waals surface area contributed by atoms with E-state index in [-0.39, 0.29) is 0 Å². The van der Waals surface area contributed by atoms with Crippen molar-refractivity contribution in [3.8, 4) is 0 Å². The van der Waals surface area contributed by atoms with E-state index in [1.165, 1.54) is 22.3 Å². The van der Waals surface area contributed by atoms with Crippen LogP contribution in [0.4, 0.5) is 5.69 Å². The first kappa shape index (κ1) is 14.9. The van der Waals surface area contributed by atoms with Gasteiger partial charge in [-0.3, -0.25) is 5.43 Å². The first-order valence-corrected chi connectivity index (χ1v) is 8.29. The first-order chi connectivity index (χ1) is 10.6. The Bertz CT molecular complexity index is 725. The van der Waals surface area contributed by atoms with Crippen LogP contribution >= 0.6 is 11.8 Å². The van der Waals surface area contributed by atoms with Gasteiger partial charge >= 0.3 is 0 Å². The number of amidine groups is 1. The largest absolute Gasteiger partial charge is 0.255 e. The van der Waals surface area contributed by atoms with Gasteiger partial charge in [0.25, 0.3) is 0 Å². The van der Waals surface area contributed by atoms with Gasteiger partial charge in [-0.1, -0.05) is 47.7 Å². The summed E-state index contributed by atoms with van der Waals surface area (Å²) in [5.74, 6) is 0.837. The predicted molar refractivity (Wildman–Crippen MR) is 96.3 cm³/mol. The van der Waals surface area contributed by atoms with Crippen molar-refractivity contribution in [3.05, 3.63) is 64.7 Å². The van der Waals surface area contributed by atoms with Crippen molar-refractivity contribution in [2.24, 2.45) is 10.1 Å². The van der Waals surface area contributed by atoms with Crippen molar-refractivity contribution in [1.29, 1.82) is 0 Å². The van der Waals surface area contributed by atoms with Crippen molar-refractivity contribution < 1.29 is 0 Å². The quantitative estimate of drug-likeness (QED) is 0.896. The van der Waals surface area contributed by atoms with Crippen LogP contribution in [-0.4, -0.2) is 16.6 Å². The minimum atomic E-state index is 0.837. The van der Waals surface area contributed by atoms with Gasteiger partial charge in [-0.05, 0) is 44.0 Å². The Morgan fingerprint density at radius 2 is 1.73 bits per heavy atom. The number of benzene rings is 2. The van der Waals surface area contributed by atoms with E-state index < -0.39 is 0 Å². The second-order valence-electron chi connectivity index (χ2n) is 5.49. The maximum atomic E-state index is 4.57. The second-order valence-corrected chi connectivity index (χ2v) is 6.45. The molecule has 0 unspecified atom stereocenters. The molecular weight excluding hydrogens is 290 g/mol. The molecule has 0 aromatic heterocycles. The molecule has 0 aliphatic carbocycles. The molecule has 0 fully saturated rings. The van der Waals surface area contributed by atoms with Gasteiger partial charge in [0.1, 0.15) is 0 Å². The maximum Gasteiger partial charge on any atom is 0.182 e. The molecule has 0 radical (unpaired) electrons. The highest BCUT2D eigenvalue weighted by Gasteiger charge is 2.16. The van der Waals surface area contributed by atoms with Crippen molar-refractivity contribution in [2.45, 2.75) is 20.8 Å². The van der Waals surface area contributed by atoms with Crippen molar-refractivity contribution in [3.63, 3.8) is 0 Å². The van der Waals surface area contributed by atoms with Crippen LogP contribution in [0.25, 0.3) is 0 Å². The Hall–Kier alpha value is -2.07. The lowest BCUT2D eigenvalue weighted by Crippen LogP contribution is -2.26. The van der Waals surface area contributed by atoms with Crippen LogP contribution in [-0.2, 0) is 0 Å². The lowest BCUT2D eigenvalue weighted by molar-refractivity contribution is 1.03. The molecule has 1 aliphatic heterocycles. The van der Waals surface area contributed by atoms with Gasteiger partial charge in [0.15, 0.2) is 5.17 Å². The molecule has 1 heterocycles. The van der Waals surface area contributed by atoms with E-state index in [9.17, 15) is 0 Å². The summed E-state index contributed by atoms with van der Waals surface area (Å²) in [7, 11) is 0. The summed E-state index contributed by atoms with van der Waals surface area (Å²) in [6.45, 7) is 6.43. The summed E-state index contributed by atoms with van der Waals surface area (Å²) >= 11 is 1.69. The zero-order chi connectivity index (χ0) is 15.5. The molecule has 2 aromatic rings. The Kier molecular flexibility index (Phi) is 4.29. The molecule has 0 atom stereocenters. The van der Waals surface area contributed by atoms with E-state index in [1.807, 2.05) is 30.3 Å². The molecule has 1 N–H and O–H groups in total. The van der Waals surface area contributed by atoms with Crippen LogP contribution in [0.3, 0.4) is 0 Å². The number of hydrogen-bond donors (Lipinski definition) is 1. The highest BCUT2D eigenvalue weighted by atomic mass is 32.2. The topological polar surface area (TPSA) is 36.8 Å². The average molecular weight is 309 g/mol. The van der Waals surface area contributed by atoms with E-state index in [1.54, 1.807) is 11.8 Å². The molecule has 4 heteroatoms. The van der Waals surface area contributed by atoms with E-state index in [4.69, 9.17) is 0 Å². The third-order valence-electron chi connectivity index (χ3n) is 3.58. The number of aryl methyl sites for hydroxylation is 3. The zero-order valence-corrected chi connectivity index (χ0v) is 13.9. The summed E-state index contributed by atoms with van der Waals surface area (Å²) in [5.41, 5.74) is 10.2. The number of nitrogens with zero attached hydrogens (tertiary/aromatic N) is 2. The highest BCUT2D eigenvalue weighted by Crippen LogP contribution is 2.22. The minimum absolute atomic E-state index is 0.837. The molecule has 1 aliphatic rings. The molecule has 3 rings (SSSR count). The second kappa shape index (κ2) is 6.36. The predicted octanol–water partition coefficient (Wildman–Crippen LogP) is 4.34. The third-order valence-corrected chi connectivity index (χ3v) is 4.46. The van der Waals surface area contributed by atoms with Gasteiger partial charge < -0.3 is 0 Å². The molecule has 0 saturated carbocycles. The SMILES string of the molecule is Cc1cc(C)c(C2=NNC(=Nc3ccccc3)SC2)c(C)c1. The molecule has 3 nitrogen and oxygen atoms in total. The molecule has 0 saturated heterocycles. The molecule has 0 bridgehead atoms. The number of thioether (sulfide) groups is 1. The summed E-state index contributed by atoms with van der Waals surface area (Å²) < 4.78 is 0. The number of rotatable bonds is 2.